The molecule has 2 heterocycles. The number of rotatable bonds is 3. The third-order valence-corrected chi connectivity index (χ3v) is 3.81. The van der Waals surface area contributed by atoms with Crippen molar-refractivity contribution in [1.82, 2.24) is 10.1 Å². The van der Waals surface area contributed by atoms with Gasteiger partial charge in [0.1, 0.15) is 5.76 Å². The fourth-order valence-electron chi connectivity index (χ4n) is 1.95. The minimum Gasteiger partial charge on any atom is -0.361 e. The maximum absolute atomic E-state index is 12.0. The predicted octanol–water partition coefficient (Wildman–Crippen LogP) is 3.67. The van der Waals surface area contributed by atoms with Crippen LogP contribution in [0.4, 0.5) is 5.13 Å². The standard InChI is InChI=1S/C15H13N3O2S/c1-9-8-12(18-20-9)14(19)17-15-16-13(10(2)21-15)11-6-4-3-5-7-11/h3-8H,1-2H3,(H,16,17,19). The summed E-state index contributed by atoms with van der Waals surface area (Å²) in [7, 11) is 0. The number of aromatic nitrogens is 2. The van der Waals surface area contributed by atoms with Gasteiger partial charge in [0.2, 0.25) is 0 Å². The van der Waals surface area contributed by atoms with Gasteiger partial charge in [0.05, 0.1) is 5.69 Å². The zero-order valence-electron chi connectivity index (χ0n) is 11.6. The fraction of sp³-hybridized carbons (Fsp3) is 0.133. The molecule has 1 aromatic carbocycles. The molecule has 3 rings (SSSR count). The SMILES string of the molecule is Cc1cc(C(=O)Nc2nc(-c3ccccc3)c(C)s2)no1. The van der Waals surface area contributed by atoms with Crippen LogP contribution in [0.2, 0.25) is 0 Å². The van der Waals surface area contributed by atoms with Crippen LogP contribution in [0.25, 0.3) is 11.3 Å². The van der Waals surface area contributed by atoms with Gasteiger partial charge in [-0.05, 0) is 13.8 Å². The number of thiazole rings is 1. The quantitative estimate of drug-likeness (QED) is 0.801. The Kier molecular flexibility index (Phi) is 3.53. The summed E-state index contributed by atoms with van der Waals surface area (Å²) in [6.45, 7) is 3.72. The first-order chi connectivity index (χ1) is 10.1. The van der Waals surface area contributed by atoms with Crippen molar-refractivity contribution in [3.05, 3.63) is 52.7 Å². The Morgan fingerprint density at radius 2 is 2.00 bits per heavy atom. The van der Waals surface area contributed by atoms with Gasteiger partial charge in [-0.1, -0.05) is 35.5 Å². The molecule has 0 unspecified atom stereocenters. The van der Waals surface area contributed by atoms with Crippen molar-refractivity contribution in [3.63, 3.8) is 0 Å². The molecule has 0 spiro atoms. The van der Waals surface area contributed by atoms with Crippen LogP contribution < -0.4 is 5.32 Å². The molecule has 21 heavy (non-hydrogen) atoms. The van der Waals surface area contributed by atoms with Crippen LogP contribution in [-0.2, 0) is 0 Å². The van der Waals surface area contributed by atoms with E-state index in [1.54, 1.807) is 13.0 Å². The molecule has 0 radical (unpaired) electrons. The van der Waals surface area contributed by atoms with E-state index in [9.17, 15) is 4.79 Å². The number of anilines is 1. The summed E-state index contributed by atoms with van der Waals surface area (Å²) >= 11 is 1.44. The minimum atomic E-state index is -0.319. The Morgan fingerprint density at radius 3 is 2.67 bits per heavy atom. The molecule has 2 aromatic heterocycles. The van der Waals surface area contributed by atoms with Crippen molar-refractivity contribution in [1.29, 1.82) is 0 Å². The molecule has 0 aliphatic rings. The molecule has 0 atom stereocenters. The fourth-order valence-corrected chi connectivity index (χ4v) is 2.78. The topological polar surface area (TPSA) is 68.0 Å². The van der Waals surface area contributed by atoms with Gasteiger partial charge >= 0.3 is 0 Å². The van der Waals surface area contributed by atoms with Crippen molar-refractivity contribution in [2.75, 3.05) is 5.32 Å². The molecule has 6 heteroatoms. The van der Waals surface area contributed by atoms with E-state index in [0.29, 0.717) is 10.9 Å². The lowest BCUT2D eigenvalue weighted by molar-refractivity contribution is 0.101. The summed E-state index contributed by atoms with van der Waals surface area (Å²) in [5, 5.41) is 6.99. The van der Waals surface area contributed by atoms with Crippen LogP contribution in [0.15, 0.2) is 40.9 Å². The highest BCUT2D eigenvalue weighted by molar-refractivity contribution is 7.16. The zero-order valence-corrected chi connectivity index (χ0v) is 12.4. The Balaban J connectivity index is 1.83. The normalized spacial score (nSPS) is 10.6. The third-order valence-electron chi connectivity index (χ3n) is 2.92. The van der Waals surface area contributed by atoms with Crippen molar-refractivity contribution in [2.24, 2.45) is 0 Å². The number of aryl methyl sites for hydroxylation is 2. The smallest absolute Gasteiger partial charge is 0.279 e. The lowest BCUT2D eigenvalue weighted by atomic mass is 10.1. The van der Waals surface area contributed by atoms with Gasteiger partial charge in [0, 0.05) is 16.5 Å². The molecule has 0 aliphatic carbocycles. The second-order valence-electron chi connectivity index (χ2n) is 4.57. The van der Waals surface area contributed by atoms with E-state index in [4.69, 9.17) is 4.52 Å². The Hall–Kier alpha value is -2.47. The van der Waals surface area contributed by atoms with E-state index < -0.39 is 0 Å². The number of nitrogens with zero attached hydrogens (tertiary/aromatic N) is 2. The summed E-state index contributed by atoms with van der Waals surface area (Å²) in [5.74, 6) is 0.278. The average molecular weight is 299 g/mol. The number of amides is 1. The van der Waals surface area contributed by atoms with E-state index >= 15 is 0 Å². The number of hydrogen-bond donors (Lipinski definition) is 1. The van der Waals surface area contributed by atoms with Crippen molar-refractivity contribution in [3.8, 4) is 11.3 Å². The molecule has 0 saturated carbocycles. The molecular weight excluding hydrogens is 286 g/mol. The summed E-state index contributed by atoms with van der Waals surface area (Å²) in [6, 6.07) is 11.5. The molecule has 0 aliphatic heterocycles. The van der Waals surface area contributed by atoms with Crippen LogP contribution in [0.5, 0.6) is 0 Å². The highest BCUT2D eigenvalue weighted by Gasteiger charge is 2.15. The van der Waals surface area contributed by atoms with Crippen molar-refractivity contribution >= 4 is 22.4 Å². The maximum Gasteiger partial charge on any atom is 0.279 e. The second-order valence-corrected chi connectivity index (χ2v) is 5.77. The zero-order chi connectivity index (χ0) is 14.8. The largest absolute Gasteiger partial charge is 0.361 e. The first-order valence-corrected chi connectivity index (χ1v) is 7.22. The molecular formula is C15H13N3O2S. The number of benzene rings is 1. The van der Waals surface area contributed by atoms with E-state index in [-0.39, 0.29) is 11.6 Å². The molecule has 106 valence electrons. The van der Waals surface area contributed by atoms with Gasteiger partial charge in [-0.3, -0.25) is 10.1 Å². The monoisotopic (exact) mass is 299 g/mol. The van der Waals surface area contributed by atoms with Crippen LogP contribution in [0.1, 0.15) is 21.1 Å². The summed E-state index contributed by atoms with van der Waals surface area (Å²) in [4.78, 5) is 17.5. The van der Waals surface area contributed by atoms with Gasteiger partial charge in [-0.25, -0.2) is 4.98 Å². The number of carbonyl (C=O) groups is 1. The first kappa shape index (κ1) is 13.5. The van der Waals surface area contributed by atoms with Gasteiger partial charge in [-0.15, -0.1) is 11.3 Å². The summed E-state index contributed by atoms with van der Waals surface area (Å²) < 4.78 is 4.89. The predicted molar refractivity (Wildman–Crippen MR) is 81.5 cm³/mol. The third kappa shape index (κ3) is 2.85. The molecule has 0 bridgehead atoms. The van der Waals surface area contributed by atoms with Gasteiger partial charge in [-0.2, -0.15) is 0 Å². The summed E-state index contributed by atoms with van der Waals surface area (Å²) in [6.07, 6.45) is 0. The van der Waals surface area contributed by atoms with Crippen LogP contribution in [-0.4, -0.2) is 16.0 Å². The lowest BCUT2D eigenvalue weighted by Crippen LogP contribution is -2.11. The van der Waals surface area contributed by atoms with E-state index in [1.807, 2.05) is 37.3 Å². The number of hydrogen-bond acceptors (Lipinski definition) is 5. The summed E-state index contributed by atoms with van der Waals surface area (Å²) in [5.41, 5.74) is 2.16. The molecule has 3 aromatic rings. The van der Waals surface area contributed by atoms with E-state index in [1.165, 1.54) is 11.3 Å². The lowest BCUT2D eigenvalue weighted by Gasteiger charge is -1.97. The Bertz CT molecular complexity index is 777. The molecule has 1 N–H and O–H groups in total. The Morgan fingerprint density at radius 1 is 1.24 bits per heavy atom. The molecule has 1 amide bonds. The highest BCUT2D eigenvalue weighted by Crippen LogP contribution is 2.30. The van der Waals surface area contributed by atoms with Crippen molar-refractivity contribution < 1.29 is 9.32 Å². The van der Waals surface area contributed by atoms with Crippen LogP contribution >= 0.6 is 11.3 Å². The molecule has 0 fully saturated rings. The molecule has 0 saturated heterocycles. The van der Waals surface area contributed by atoms with Crippen LogP contribution in [0.3, 0.4) is 0 Å². The van der Waals surface area contributed by atoms with Gasteiger partial charge < -0.3 is 4.52 Å². The van der Waals surface area contributed by atoms with E-state index in [2.05, 4.69) is 15.5 Å². The van der Waals surface area contributed by atoms with Crippen molar-refractivity contribution in [2.45, 2.75) is 13.8 Å². The highest BCUT2D eigenvalue weighted by atomic mass is 32.1. The number of nitrogens with one attached hydrogen (secondary N) is 1. The number of carbonyl (C=O) groups excluding carboxylic acids is 1. The van der Waals surface area contributed by atoms with E-state index in [0.717, 1.165) is 16.1 Å². The maximum atomic E-state index is 12.0. The average Bonchev–Trinajstić information content (AvgIpc) is 3.06. The minimum absolute atomic E-state index is 0.251. The van der Waals surface area contributed by atoms with Crippen LogP contribution in [0, 0.1) is 13.8 Å². The Labute approximate surface area is 125 Å². The van der Waals surface area contributed by atoms with Gasteiger partial charge in [0.25, 0.3) is 5.91 Å². The van der Waals surface area contributed by atoms with Gasteiger partial charge in [0.15, 0.2) is 10.8 Å². The second kappa shape index (κ2) is 5.49. The first-order valence-electron chi connectivity index (χ1n) is 6.41. The molecule has 5 nitrogen and oxygen atoms in total.